The monoisotopic (exact) mass is 525 g/mol. The first-order valence-electron chi connectivity index (χ1n) is 10.8. The third-order valence-electron chi connectivity index (χ3n) is 5.27. The Morgan fingerprint density at radius 2 is 1.24 bits per heavy atom. The Morgan fingerprint density at radius 1 is 0.784 bits per heavy atom. The van der Waals surface area contributed by atoms with E-state index in [1.807, 2.05) is 6.07 Å². The lowest BCUT2D eigenvalue weighted by atomic mass is 9.93. The number of ether oxygens (including phenoxy) is 2. The summed E-state index contributed by atoms with van der Waals surface area (Å²) in [4.78, 5) is 0. The Labute approximate surface area is 208 Å². The fourth-order valence-corrected chi connectivity index (χ4v) is 3.55. The van der Waals surface area contributed by atoms with E-state index in [1.54, 1.807) is 6.92 Å². The molecule has 12 heteroatoms. The molecule has 196 valence electrons. The zero-order valence-electron chi connectivity index (χ0n) is 19.4. The molecule has 3 unspecified atom stereocenters. The lowest BCUT2D eigenvalue weighted by molar-refractivity contribution is -0.138. The van der Waals surface area contributed by atoms with E-state index in [-0.39, 0.29) is 43.5 Å². The first kappa shape index (κ1) is 29.3. The molecule has 2 aromatic carbocycles. The lowest BCUT2D eigenvalue weighted by Gasteiger charge is -2.20. The molecule has 0 bridgehead atoms. The van der Waals surface area contributed by atoms with Crippen LogP contribution in [0.3, 0.4) is 0 Å². The number of hydrogen-bond donors (Lipinski definition) is 1. The van der Waals surface area contributed by atoms with Gasteiger partial charge in [-0.1, -0.05) is 6.92 Å². The van der Waals surface area contributed by atoms with E-state index in [4.69, 9.17) is 20.0 Å². The van der Waals surface area contributed by atoms with E-state index in [0.717, 1.165) is 12.1 Å². The Kier molecular flexibility index (Phi) is 9.76. The van der Waals surface area contributed by atoms with Crippen molar-refractivity contribution in [2.75, 3.05) is 13.2 Å². The molecule has 1 N–H and O–H groups in total. The minimum absolute atomic E-state index is 0.121. The third-order valence-corrected chi connectivity index (χ3v) is 5.27. The van der Waals surface area contributed by atoms with Crippen molar-refractivity contribution in [3.8, 4) is 29.7 Å². The van der Waals surface area contributed by atoms with Gasteiger partial charge in [-0.25, -0.2) is 0 Å². The van der Waals surface area contributed by atoms with Gasteiger partial charge in [0.05, 0.1) is 52.5 Å². The molecular formula is C25H21F6N3O3. The normalized spacial score (nSPS) is 14.0. The predicted octanol–water partition coefficient (Wildman–Crippen LogP) is 5.84. The number of rotatable bonds is 10. The summed E-state index contributed by atoms with van der Waals surface area (Å²) in [5.74, 6) is -1.35. The van der Waals surface area contributed by atoms with Crippen LogP contribution in [-0.4, -0.2) is 24.4 Å². The molecule has 2 rings (SSSR count). The minimum Gasteiger partial charge on any atom is -0.492 e. The van der Waals surface area contributed by atoms with Gasteiger partial charge in [-0.05, 0) is 55.2 Å². The molecule has 0 spiro atoms. The van der Waals surface area contributed by atoms with Gasteiger partial charge in [0.15, 0.2) is 0 Å². The number of halogens is 6. The van der Waals surface area contributed by atoms with E-state index in [0.29, 0.717) is 12.1 Å². The quantitative estimate of drug-likeness (QED) is 0.390. The maximum Gasteiger partial charge on any atom is 0.417 e. The first-order valence-corrected chi connectivity index (χ1v) is 10.8. The van der Waals surface area contributed by atoms with Gasteiger partial charge in [0.1, 0.15) is 24.7 Å². The highest BCUT2D eigenvalue weighted by atomic mass is 19.4. The van der Waals surface area contributed by atoms with Crippen LogP contribution >= 0.6 is 0 Å². The van der Waals surface area contributed by atoms with E-state index >= 15 is 0 Å². The fourth-order valence-electron chi connectivity index (χ4n) is 3.55. The zero-order chi connectivity index (χ0) is 27.8. The van der Waals surface area contributed by atoms with Gasteiger partial charge in [-0.2, -0.15) is 42.1 Å². The molecule has 0 aliphatic heterocycles. The zero-order valence-corrected chi connectivity index (χ0v) is 19.4. The molecule has 37 heavy (non-hydrogen) atoms. The maximum atomic E-state index is 13.1. The number of aliphatic hydroxyl groups is 1. The minimum atomic E-state index is -4.75. The van der Waals surface area contributed by atoms with Crippen molar-refractivity contribution in [1.82, 2.24) is 0 Å². The van der Waals surface area contributed by atoms with Crippen molar-refractivity contribution in [3.63, 3.8) is 0 Å². The van der Waals surface area contributed by atoms with Gasteiger partial charge in [-0.3, -0.25) is 0 Å². The summed E-state index contributed by atoms with van der Waals surface area (Å²) in [6, 6.07) is 10.6. The highest BCUT2D eigenvalue weighted by Crippen LogP contribution is 2.35. The van der Waals surface area contributed by atoms with Crippen LogP contribution in [0.1, 0.15) is 42.0 Å². The van der Waals surface area contributed by atoms with Crippen molar-refractivity contribution < 1.29 is 40.9 Å². The summed E-state index contributed by atoms with van der Waals surface area (Å²) in [7, 11) is 0. The summed E-state index contributed by atoms with van der Waals surface area (Å²) >= 11 is 0. The van der Waals surface area contributed by atoms with Crippen LogP contribution in [0.4, 0.5) is 26.3 Å². The number of nitrogens with zero attached hydrogens (tertiary/aromatic N) is 3. The smallest absolute Gasteiger partial charge is 0.417 e. The molecule has 0 aliphatic rings. The van der Waals surface area contributed by atoms with Gasteiger partial charge in [-0.15, -0.1) is 0 Å². The van der Waals surface area contributed by atoms with Crippen molar-refractivity contribution in [3.05, 3.63) is 58.7 Å². The average molecular weight is 525 g/mol. The highest BCUT2D eigenvalue weighted by molar-refractivity contribution is 5.45. The van der Waals surface area contributed by atoms with Crippen LogP contribution in [0.25, 0.3) is 0 Å². The lowest BCUT2D eigenvalue weighted by Crippen LogP contribution is -2.22. The molecule has 0 aliphatic carbocycles. The van der Waals surface area contributed by atoms with Crippen LogP contribution in [-0.2, 0) is 12.4 Å². The highest BCUT2D eigenvalue weighted by Gasteiger charge is 2.35. The Morgan fingerprint density at radius 3 is 1.65 bits per heavy atom. The van der Waals surface area contributed by atoms with E-state index in [2.05, 4.69) is 0 Å². The summed E-state index contributed by atoms with van der Waals surface area (Å²) in [5.41, 5.74) is -3.43. The molecule has 3 atom stereocenters. The van der Waals surface area contributed by atoms with Gasteiger partial charge in [0, 0.05) is 0 Å². The van der Waals surface area contributed by atoms with Gasteiger partial charge < -0.3 is 14.6 Å². The van der Waals surface area contributed by atoms with Crippen LogP contribution in [0.5, 0.6) is 11.5 Å². The molecule has 0 aromatic heterocycles. The van der Waals surface area contributed by atoms with Gasteiger partial charge in [0.25, 0.3) is 0 Å². The molecule has 0 radical (unpaired) electrons. The summed E-state index contributed by atoms with van der Waals surface area (Å²) in [6.07, 6.45) is -10.3. The van der Waals surface area contributed by atoms with Crippen LogP contribution in [0, 0.1) is 45.8 Å². The predicted molar refractivity (Wildman–Crippen MR) is 117 cm³/mol. The molecular weight excluding hydrogens is 504 g/mol. The summed E-state index contributed by atoms with van der Waals surface area (Å²) < 4.78 is 89.0. The third kappa shape index (κ3) is 8.59. The van der Waals surface area contributed by atoms with Gasteiger partial charge in [0.2, 0.25) is 0 Å². The van der Waals surface area contributed by atoms with Crippen molar-refractivity contribution >= 4 is 0 Å². The van der Waals surface area contributed by atoms with Crippen molar-refractivity contribution in [2.24, 2.45) is 11.8 Å². The molecule has 0 saturated carbocycles. The van der Waals surface area contributed by atoms with Gasteiger partial charge >= 0.3 is 12.4 Å². The van der Waals surface area contributed by atoms with Crippen LogP contribution in [0.15, 0.2) is 36.4 Å². The summed E-state index contributed by atoms with van der Waals surface area (Å²) in [6.45, 7) is 1.13. The average Bonchev–Trinajstić information content (AvgIpc) is 2.83. The number of nitriles is 3. The molecule has 0 saturated heterocycles. The second-order valence-electron chi connectivity index (χ2n) is 8.31. The number of hydrogen-bond acceptors (Lipinski definition) is 6. The molecule has 0 fully saturated rings. The Hall–Kier alpha value is -3.95. The van der Waals surface area contributed by atoms with E-state index in [9.17, 15) is 36.7 Å². The number of alkyl halides is 6. The number of aliphatic hydroxyl groups excluding tert-OH is 1. The number of benzene rings is 2. The SMILES string of the molecule is CC(CC(O)COc1ccc(C#N)c(C(F)(F)F)c1)CC(C#N)COc1ccc(C#N)c(C(F)(F)F)c1. The Bertz CT molecular complexity index is 1210. The fraction of sp³-hybridized carbons (Fsp3) is 0.400. The molecule has 6 nitrogen and oxygen atoms in total. The standard InChI is InChI=1S/C25H21F6N3O3/c1-15(7-19(35)14-37-21-5-3-18(12-34)23(9-21)25(29,30)31)6-16(10-32)13-36-20-4-2-17(11-33)22(8-20)24(26,27)28/h2-5,8-9,15-16,19,35H,6-7,13-14H2,1H3. The van der Waals surface area contributed by atoms with Crippen LogP contribution in [0.2, 0.25) is 0 Å². The molecule has 0 amide bonds. The second kappa shape index (κ2) is 12.3. The van der Waals surface area contributed by atoms with Crippen molar-refractivity contribution in [1.29, 1.82) is 15.8 Å². The van der Waals surface area contributed by atoms with Crippen LogP contribution < -0.4 is 9.47 Å². The summed E-state index contributed by atoms with van der Waals surface area (Å²) in [5, 5.41) is 37.3. The van der Waals surface area contributed by atoms with Crippen molar-refractivity contribution in [2.45, 2.75) is 38.2 Å². The topological polar surface area (TPSA) is 110 Å². The first-order chi connectivity index (χ1) is 17.3. The van der Waals surface area contributed by atoms with E-state index in [1.165, 1.54) is 24.3 Å². The maximum absolute atomic E-state index is 13.1. The molecule has 2 aromatic rings. The largest absolute Gasteiger partial charge is 0.492 e. The second-order valence-corrected chi connectivity index (χ2v) is 8.31. The molecule has 0 heterocycles. The van der Waals surface area contributed by atoms with E-state index < -0.39 is 46.6 Å². The Balaban J connectivity index is 1.91.